The second-order valence-electron chi connectivity index (χ2n) is 4.23. The van der Waals surface area contributed by atoms with Crippen molar-refractivity contribution in [2.75, 3.05) is 7.05 Å². The highest BCUT2D eigenvalue weighted by Crippen LogP contribution is 2.24. The first-order valence-corrected chi connectivity index (χ1v) is 5.66. The van der Waals surface area contributed by atoms with E-state index in [0.717, 1.165) is 24.5 Å². The number of nitrogens with zero attached hydrogens (tertiary/aromatic N) is 3. The Morgan fingerprint density at radius 3 is 3.12 bits per heavy atom. The predicted octanol–water partition coefficient (Wildman–Crippen LogP) is 2.23. The molecule has 3 heteroatoms. The standard InChI is InChI=1S/C13H15N3/c1-15-8-9-16-12-7-5-3-2-4-6-11(10-12)14-13(15)16/h3-6,8-10,12H,2,7H2,1H3/b5-3-,6-4-. The monoisotopic (exact) mass is 213 g/mol. The fourth-order valence-electron chi connectivity index (χ4n) is 2.19. The third-order valence-corrected chi connectivity index (χ3v) is 3.05. The van der Waals surface area contributed by atoms with Crippen LogP contribution in [-0.4, -0.2) is 28.8 Å². The maximum atomic E-state index is 4.64. The first-order chi connectivity index (χ1) is 7.84. The smallest absolute Gasteiger partial charge is 0.210 e. The number of rotatable bonds is 0. The van der Waals surface area contributed by atoms with Crippen molar-refractivity contribution < 1.29 is 0 Å². The average Bonchev–Trinajstić information content (AvgIpc) is 2.68. The van der Waals surface area contributed by atoms with Crippen LogP contribution in [0.1, 0.15) is 12.8 Å². The second kappa shape index (κ2) is 3.67. The first kappa shape index (κ1) is 9.46. The van der Waals surface area contributed by atoms with Crippen LogP contribution in [0.2, 0.25) is 0 Å². The third kappa shape index (κ3) is 1.48. The highest BCUT2D eigenvalue weighted by molar-refractivity contribution is 5.86. The van der Waals surface area contributed by atoms with Gasteiger partial charge in [-0.25, -0.2) is 4.99 Å². The minimum absolute atomic E-state index is 0.405. The van der Waals surface area contributed by atoms with E-state index in [1.165, 1.54) is 0 Å². The van der Waals surface area contributed by atoms with Gasteiger partial charge in [0.05, 0.1) is 11.7 Å². The highest BCUT2D eigenvalue weighted by Gasteiger charge is 2.27. The van der Waals surface area contributed by atoms with Gasteiger partial charge in [0, 0.05) is 19.4 Å². The molecule has 0 spiro atoms. The predicted molar refractivity (Wildman–Crippen MR) is 65.6 cm³/mol. The zero-order chi connectivity index (χ0) is 11.0. The van der Waals surface area contributed by atoms with Crippen molar-refractivity contribution in [2.45, 2.75) is 18.9 Å². The van der Waals surface area contributed by atoms with Crippen molar-refractivity contribution in [1.29, 1.82) is 0 Å². The molecule has 0 aromatic rings. The molecule has 1 atom stereocenters. The zero-order valence-electron chi connectivity index (χ0n) is 9.37. The number of hydrogen-bond acceptors (Lipinski definition) is 3. The van der Waals surface area contributed by atoms with E-state index in [1.807, 2.05) is 7.05 Å². The molecular weight excluding hydrogens is 198 g/mol. The zero-order valence-corrected chi connectivity index (χ0v) is 9.37. The van der Waals surface area contributed by atoms with Crippen molar-refractivity contribution in [3.8, 4) is 0 Å². The molecule has 0 aromatic heterocycles. The molecule has 0 aromatic carbocycles. The van der Waals surface area contributed by atoms with Crippen molar-refractivity contribution in [2.24, 2.45) is 4.99 Å². The first-order valence-electron chi connectivity index (χ1n) is 5.66. The maximum absolute atomic E-state index is 4.64. The van der Waals surface area contributed by atoms with Crippen LogP contribution in [0.4, 0.5) is 0 Å². The fourth-order valence-corrected chi connectivity index (χ4v) is 2.19. The van der Waals surface area contributed by atoms with Crippen molar-refractivity contribution in [3.63, 3.8) is 0 Å². The van der Waals surface area contributed by atoms with Crippen molar-refractivity contribution in [3.05, 3.63) is 48.5 Å². The Morgan fingerprint density at radius 1 is 1.25 bits per heavy atom. The largest absolute Gasteiger partial charge is 0.320 e. The lowest BCUT2D eigenvalue weighted by Crippen LogP contribution is -2.39. The normalized spacial score (nSPS) is 30.9. The van der Waals surface area contributed by atoms with Gasteiger partial charge in [0.15, 0.2) is 0 Å². The number of allylic oxidation sites excluding steroid dienone is 3. The van der Waals surface area contributed by atoms with E-state index in [9.17, 15) is 0 Å². The minimum atomic E-state index is 0.405. The molecule has 3 nitrogen and oxygen atoms in total. The van der Waals surface area contributed by atoms with Crippen LogP contribution in [-0.2, 0) is 0 Å². The van der Waals surface area contributed by atoms with Gasteiger partial charge < -0.3 is 9.80 Å². The number of aliphatic imine (C=N–C) groups is 1. The molecule has 2 bridgehead atoms. The molecule has 0 amide bonds. The van der Waals surface area contributed by atoms with E-state index in [-0.39, 0.29) is 0 Å². The molecular formula is C13H15N3. The summed E-state index contributed by atoms with van der Waals surface area (Å²) in [6, 6.07) is 0.405. The summed E-state index contributed by atoms with van der Waals surface area (Å²) >= 11 is 0. The SMILES string of the molecule is CN1C=CN2C1=NC1=CC2C/C=C\C/C=C\1. The summed E-state index contributed by atoms with van der Waals surface area (Å²) in [6.07, 6.45) is 17.2. The van der Waals surface area contributed by atoms with E-state index in [1.54, 1.807) is 0 Å². The Morgan fingerprint density at radius 2 is 2.19 bits per heavy atom. The summed E-state index contributed by atoms with van der Waals surface area (Å²) < 4.78 is 0. The average molecular weight is 213 g/mol. The quantitative estimate of drug-likeness (QED) is 0.575. The molecule has 3 aliphatic rings. The number of guanidine groups is 1. The Labute approximate surface area is 95.8 Å². The van der Waals surface area contributed by atoms with Crippen molar-refractivity contribution >= 4 is 5.96 Å². The van der Waals surface area contributed by atoms with E-state index < -0.39 is 0 Å². The molecule has 0 fully saturated rings. The van der Waals surface area contributed by atoms with Gasteiger partial charge >= 0.3 is 0 Å². The summed E-state index contributed by atoms with van der Waals surface area (Å²) in [6.45, 7) is 0. The summed E-state index contributed by atoms with van der Waals surface area (Å²) in [7, 11) is 2.04. The van der Waals surface area contributed by atoms with Crippen LogP contribution >= 0.6 is 0 Å². The van der Waals surface area contributed by atoms with E-state index in [4.69, 9.17) is 0 Å². The van der Waals surface area contributed by atoms with Crippen LogP contribution in [0.15, 0.2) is 53.5 Å². The van der Waals surface area contributed by atoms with Gasteiger partial charge in [-0.05, 0) is 25.0 Å². The molecule has 0 radical (unpaired) electrons. The number of fused-ring (bicyclic) bond motifs is 3. The topological polar surface area (TPSA) is 18.8 Å². The van der Waals surface area contributed by atoms with Crippen LogP contribution in [0.5, 0.6) is 0 Å². The minimum Gasteiger partial charge on any atom is -0.320 e. The van der Waals surface area contributed by atoms with Crippen LogP contribution in [0, 0.1) is 0 Å². The Balaban J connectivity index is 2.00. The molecule has 16 heavy (non-hydrogen) atoms. The maximum Gasteiger partial charge on any atom is 0.210 e. The van der Waals surface area contributed by atoms with E-state index in [0.29, 0.717) is 6.04 Å². The Kier molecular flexibility index (Phi) is 2.17. The fraction of sp³-hybridized carbons (Fsp3) is 0.308. The Hall–Kier alpha value is -1.77. The summed E-state index contributed by atoms with van der Waals surface area (Å²) in [5.74, 6) is 1.03. The van der Waals surface area contributed by atoms with E-state index >= 15 is 0 Å². The van der Waals surface area contributed by atoms with Crippen LogP contribution in [0.25, 0.3) is 0 Å². The molecule has 0 saturated heterocycles. The lowest BCUT2D eigenvalue weighted by atomic mass is 10.1. The van der Waals surface area contributed by atoms with Crippen molar-refractivity contribution in [1.82, 2.24) is 9.80 Å². The van der Waals surface area contributed by atoms with Gasteiger partial charge in [-0.3, -0.25) is 0 Å². The summed E-state index contributed by atoms with van der Waals surface area (Å²) in [5.41, 5.74) is 1.08. The summed E-state index contributed by atoms with van der Waals surface area (Å²) in [4.78, 5) is 8.93. The molecule has 82 valence electrons. The van der Waals surface area contributed by atoms with Gasteiger partial charge in [0.25, 0.3) is 0 Å². The van der Waals surface area contributed by atoms with Gasteiger partial charge in [0.1, 0.15) is 0 Å². The number of hydrogen-bond donors (Lipinski definition) is 0. The molecule has 2 aliphatic heterocycles. The third-order valence-electron chi connectivity index (χ3n) is 3.05. The van der Waals surface area contributed by atoms with Gasteiger partial charge in [0.2, 0.25) is 5.96 Å². The molecule has 1 unspecified atom stereocenters. The second-order valence-corrected chi connectivity index (χ2v) is 4.23. The highest BCUT2D eigenvalue weighted by atomic mass is 15.4. The van der Waals surface area contributed by atoms with Gasteiger partial charge in [-0.2, -0.15) is 0 Å². The van der Waals surface area contributed by atoms with Gasteiger partial charge in [-0.15, -0.1) is 0 Å². The van der Waals surface area contributed by atoms with E-state index in [2.05, 4.69) is 57.6 Å². The molecule has 0 saturated carbocycles. The summed E-state index contributed by atoms with van der Waals surface area (Å²) in [5, 5.41) is 0. The van der Waals surface area contributed by atoms with Gasteiger partial charge in [-0.1, -0.05) is 18.2 Å². The Bertz CT molecular complexity index is 440. The lowest BCUT2D eigenvalue weighted by Gasteiger charge is -2.30. The van der Waals surface area contributed by atoms with Crippen LogP contribution < -0.4 is 0 Å². The molecule has 0 N–H and O–H groups in total. The lowest BCUT2D eigenvalue weighted by molar-refractivity contribution is 0.442. The molecule has 3 rings (SSSR count). The molecule has 2 heterocycles. The molecule has 1 aliphatic carbocycles. The van der Waals surface area contributed by atoms with Crippen LogP contribution in [0.3, 0.4) is 0 Å².